The van der Waals surface area contributed by atoms with Crippen LogP contribution in [0.25, 0.3) is 0 Å². The maximum absolute atomic E-state index is 13.1. The van der Waals surface area contributed by atoms with Crippen molar-refractivity contribution in [3.8, 4) is 0 Å². The van der Waals surface area contributed by atoms with Gasteiger partial charge < -0.3 is 5.32 Å². The first-order valence-corrected chi connectivity index (χ1v) is 10.4. The lowest BCUT2D eigenvalue weighted by Gasteiger charge is -2.23. The van der Waals surface area contributed by atoms with E-state index >= 15 is 0 Å². The summed E-state index contributed by atoms with van der Waals surface area (Å²) in [4.78, 5) is 12.8. The molecule has 0 spiro atoms. The molecular weight excluding hydrogens is 367 g/mol. The first kappa shape index (κ1) is 19.5. The van der Waals surface area contributed by atoms with Crippen LogP contribution in [0.5, 0.6) is 0 Å². The van der Waals surface area contributed by atoms with Crippen LogP contribution in [0.2, 0.25) is 0 Å². The largest absolute Gasteiger partial charge is 0.325 e. The number of sulfonamides is 1. The van der Waals surface area contributed by atoms with E-state index < -0.39 is 21.9 Å². The van der Waals surface area contributed by atoms with Gasteiger partial charge in [-0.25, -0.2) is 12.8 Å². The summed E-state index contributed by atoms with van der Waals surface area (Å²) in [6, 6.07) is 11.4. The summed E-state index contributed by atoms with van der Waals surface area (Å²) in [6.45, 7) is 4.40. The number of nitrogens with zero attached hydrogens (tertiary/aromatic N) is 1. The van der Waals surface area contributed by atoms with Crippen LogP contribution < -0.4 is 5.32 Å². The second kappa shape index (κ2) is 7.78. The second-order valence-corrected chi connectivity index (χ2v) is 8.89. The first-order chi connectivity index (χ1) is 12.8. The molecule has 0 aromatic heterocycles. The zero-order valence-electron chi connectivity index (χ0n) is 15.4. The summed E-state index contributed by atoms with van der Waals surface area (Å²) >= 11 is 0. The fraction of sp³-hybridized carbons (Fsp3) is 0.350. The zero-order chi connectivity index (χ0) is 19.6. The average Bonchev–Trinajstić information content (AvgIpc) is 3.13. The van der Waals surface area contributed by atoms with Crippen LogP contribution in [0.3, 0.4) is 0 Å². The molecule has 0 aliphatic carbocycles. The highest BCUT2D eigenvalue weighted by atomic mass is 32.2. The Morgan fingerprint density at radius 3 is 2.56 bits per heavy atom. The number of benzene rings is 2. The third kappa shape index (κ3) is 4.20. The molecule has 27 heavy (non-hydrogen) atoms. The highest BCUT2D eigenvalue weighted by Crippen LogP contribution is 2.27. The van der Waals surface area contributed by atoms with Crippen molar-refractivity contribution in [3.63, 3.8) is 0 Å². The second-order valence-electron chi connectivity index (χ2n) is 7.00. The van der Waals surface area contributed by atoms with E-state index in [-0.39, 0.29) is 17.3 Å². The van der Waals surface area contributed by atoms with Gasteiger partial charge in [0.15, 0.2) is 0 Å². The van der Waals surface area contributed by atoms with Crippen molar-refractivity contribution in [2.75, 3.05) is 11.9 Å². The quantitative estimate of drug-likeness (QED) is 0.846. The zero-order valence-corrected chi connectivity index (χ0v) is 16.2. The molecule has 2 aromatic carbocycles. The molecule has 144 valence electrons. The molecule has 0 saturated carbocycles. The number of anilines is 1. The summed E-state index contributed by atoms with van der Waals surface area (Å²) in [5.41, 5.74) is 1.74. The Kier molecular flexibility index (Phi) is 5.62. The number of carbonyl (C=O) groups excluding carboxylic acids is 1. The molecule has 5 nitrogen and oxygen atoms in total. The van der Waals surface area contributed by atoms with Crippen molar-refractivity contribution in [3.05, 3.63) is 59.9 Å². The Labute approximate surface area is 159 Å². The fourth-order valence-electron chi connectivity index (χ4n) is 3.23. The van der Waals surface area contributed by atoms with Gasteiger partial charge in [0.1, 0.15) is 11.9 Å². The van der Waals surface area contributed by atoms with E-state index in [1.165, 1.54) is 16.4 Å². The van der Waals surface area contributed by atoms with Crippen LogP contribution in [0.15, 0.2) is 53.4 Å². The summed E-state index contributed by atoms with van der Waals surface area (Å²) < 4.78 is 40.1. The highest BCUT2D eigenvalue weighted by molar-refractivity contribution is 7.89. The molecule has 1 aliphatic rings. The van der Waals surface area contributed by atoms with Crippen LogP contribution in [-0.2, 0) is 14.8 Å². The molecule has 1 fully saturated rings. The molecule has 1 atom stereocenters. The minimum atomic E-state index is -3.86. The highest BCUT2D eigenvalue weighted by Gasteiger charge is 2.39. The Morgan fingerprint density at radius 2 is 1.89 bits per heavy atom. The van der Waals surface area contributed by atoms with Gasteiger partial charge in [-0.15, -0.1) is 0 Å². The number of halogens is 1. The van der Waals surface area contributed by atoms with Gasteiger partial charge in [0, 0.05) is 12.2 Å². The molecule has 7 heteroatoms. The van der Waals surface area contributed by atoms with Gasteiger partial charge in [-0.05, 0) is 60.7 Å². The molecule has 0 unspecified atom stereocenters. The summed E-state index contributed by atoms with van der Waals surface area (Å²) in [5.74, 6) is -0.530. The van der Waals surface area contributed by atoms with Crippen LogP contribution in [0.1, 0.15) is 38.2 Å². The molecular formula is C20H23FN2O3S. The van der Waals surface area contributed by atoms with Crippen molar-refractivity contribution in [1.29, 1.82) is 0 Å². The number of hydrogen-bond donors (Lipinski definition) is 1. The minimum Gasteiger partial charge on any atom is -0.325 e. The van der Waals surface area contributed by atoms with E-state index in [1.54, 1.807) is 6.07 Å². The summed E-state index contributed by atoms with van der Waals surface area (Å²) in [5, 5.41) is 2.84. The average molecular weight is 390 g/mol. The van der Waals surface area contributed by atoms with E-state index in [4.69, 9.17) is 0 Å². The van der Waals surface area contributed by atoms with Crippen molar-refractivity contribution >= 4 is 21.6 Å². The first-order valence-electron chi connectivity index (χ1n) is 8.97. The van der Waals surface area contributed by atoms with Gasteiger partial charge in [-0.1, -0.05) is 26.0 Å². The SMILES string of the molecule is CC(C)c1cccc(NC(=O)[C@@H]2CCCN2S(=O)(=O)c2ccc(F)cc2)c1. The number of hydrogen-bond acceptors (Lipinski definition) is 3. The van der Waals surface area contributed by atoms with E-state index in [2.05, 4.69) is 19.2 Å². The van der Waals surface area contributed by atoms with Gasteiger partial charge in [0.2, 0.25) is 15.9 Å². The Hall–Kier alpha value is -2.25. The van der Waals surface area contributed by atoms with Gasteiger partial charge in [0.05, 0.1) is 4.90 Å². The van der Waals surface area contributed by atoms with Crippen molar-refractivity contribution in [1.82, 2.24) is 4.31 Å². The molecule has 0 radical (unpaired) electrons. The van der Waals surface area contributed by atoms with Crippen LogP contribution >= 0.6 is 0 Å². The molecule has 1 saturated heterocycles. The smallest absolute Gasteiger partial charge is 0.243 e. The topological polar surface area (TPSA) is 66.5 Å². The van der Waals surface area contributed by atoms with E-state index in [0.717, 1.165) is 17.7 Å². The summed E-state index contributed by atoms with van der Waals surface area (Å²) in [6.07, 6.45) is 1.06. The molecule has 1 amide bonds. The van der Waals surface area contributed by atoms with Crippen molar-refractivity contribution < 1.29 is 17.6 Å². The molecule has 3 rings (SSSR count). The third-order valence-corrected chi connectivity index (χ3v) is 6.67. The Bertz CT molecular complexity index is 926. The lowest BCUT2D eigenvalue weighted by molar-refractivity contribution is -0.119. The monoisotopic (exact) mass is 390 g/mol. The van der Waals surface area contributed by atoms with Gasteiger partial charge >= 0.3 is 0 Å². The van der Waals surface area contributed by atoms with Crippen molar-refractivity contribution in [2.24, 2.45) is 0 Å². The molecule has 1 aliphatic heterocycles. The van der Waals surface area contributed by atoms with Gasteiger partial charge in [-0.3, -0.25) is 4.79 Å². The van der Waals surface area contributed by atoms with E-state index in [9.17, 15) is 17.6 Å². The normalized spacial score (nSPS) is 18.0. The van der Waals surface area contributed by atoms with Gasteiger partial charge in [0.25, 0.3) is 0 Å². The third-order valence-electron chi connectivity index (χ3n) is 4.75. The van der Waals surface area contributed by atoms with Gasteiger partial charge in [-0.2, -0.15) is 4.31 Å². The number of nitrogens with one attached hydrogen (secondary N) is 1. The number of rotatable bonds is 5. The fourth-order valence-corrected chi connectivity index (χ4v) is 4.89. The Balaban J connectivity index is 1.80. The van der Waals surface area contributed by atoms with E-state index in [1.807, 2.05) is 18.2 Å². The molecule has 2 aromatic rings. The standard InChI is InChI=1S/C20H23FN2O3S/c1-14(2)15-5-3-6-17(13-15)22-20(24)19-7-4-12-23(19)27(25,26)18-10-8-16(21)9-11-18/h3,5-6,8-11,13-14,19H,4,7,12H2,1-2H3,(H,22,24)/t19-/m0/s1. The predicted molar refractivity (Wildman–Crippen MR) is 102 cm³/mol. The molecule has 0 bridgehead atoms. The predicted octanol–water partition coefficient (Wildman–Crippen LogP) is 3.74. The lowest BCUT2D eigenvalue weighted by Crippen LogP contribution is -2.43. The number of carbonyl (C=O) groups is 1. The number of amides is 1. The van der Waals surface area contributed by atoms with Crippen LogP contribution in [-0.4, -0.2) is 31.2 Å². The maximum Gasteiger partial charge on any atom is 0.243 e. The molecule has 1 heterocycles. The summed E-state index contributed by atoms with van der Waals surface area (Å²) in [7, 11) is -3.86. The molecule has 1 N–H and O–H groups in total. The lowest BCUT2D eigenvalue weighted by atomic mass is 10.0. The Morgan fingerprint density at radius 1 is 1.19 bits per heavy atom. The minimum absolute atomic E-state index is 0.00888. The van der Waals surface area contributed by atoms with Crippen LogP contribution in [0.4, 0.5) is 10.1 Å². The van der Waals surface area contributed by atoms with Crippen molar-refractivity contribution in [2.45, 2.75) is 43.5 Å². The maximum atomic E-state index is 13.1. The van der Waals surface area contributed by atoms with Crippen LogP contribution in [0, 0.1) is 5.82 Å². The van der Waals surface area contributed by atoms with E-state index in [0.29, 0.717) is 24.4 Å².